The van der Waals surface area contributed by atoms with Crippen LogP contribution in [0.4, 0.5) is 0 Å². The van der Waals surface area contributed by atoms with Crippen LogP contribution in [0.25, 0.3) is 0 Å². The minimum Gasteiger partial charge on any atom is -0.355 e. The molecule has 0 aliphatic rings. The van der Waals surface area contributed by atoms with Crippen LogP contribution < -0.4 is 5.32 Å². The first-order valence-corrected chi connectivity index (χ1v) is 9.23. The van der Waals surface area contributed by atoms with Crippen molar-refractivity contribution >= 4 is 17.7 Å². The quantitative estimate of drug-likeness (QED) is 0.505. The Bertz CT molecular complexity index is 571. The number of rotatable bonds is 9. The van der Waals surface area contributed by atoms with Gasteiger partial charge in [0, 0.05) is 11.4 Å². The molecule has 3 heteroatoms. The average Bonchev–Trinajstić information content (AvgIpc) is 2.61. The maximum Gasteiger partial charge on any atom is 0.237 e. The van der Waals surface area contributed by atoms with Gasteiger partial charge in [0.1, 0.15) is 5.25 Å². The van der Waals surface area contributed by atoms with Crippen LogP contribution in [-0.4, -0.2) is 12.5 Å². The smallest absolute Gasteiger partial charge is 0.237 e. The summed E-state index contributed by atoms with van der Waals surface area (Å²) in [6.07, 6.45) is 4.68. The van der Waals surface area contributed by atoms with E-state index in [0.717, 1.165) is 23.4 Å². The minimum atomic E-state index is -0.204. The molecule has 0 aromatic heterocycles. The molecular weight excluding hydrogens is 302 g/mol. The SMILES string of the molecule is CCCCCCNC(=O)C(Sc1ccccc1)c1ccccc1. The van der Waals surface area contributed by atoms with E-state index in [4.69, 9.17) is 0 Å². The summed E-state index contributed by atoms with van der Waals surface area (Å²) in [7, 11) is 0. The van der Waals surface area contributed by atoms with Crippen LogP contribution in [0.2, 0.25) is 0 Å². The van der Waals surface area contributed by atoms with Gasteiger partial charge in [0.15, 0.2) is 0 Å². The highest BCUT2D eigenvalue weighted by molar-refractivity contribution is 8.00. The van der Waals surface area contributed by atoms with Crippen molar-refractivity contribution in [3.63, 3.8) is 0 Å². The molecule has 0 saturated carbocycles. The highest BCUT2D eigenvalue weighted by atomic mass is 32.2. The highest BCUT2D eigenvalue weighted by Gasteiger charge is 2.21. The lowest BCUT2D eigenvalue weighted by atomic mass is 10.1. The molecule has 0 spiro atoms. The van der Waals surface area contributed by atoms with Gasteiger partial charge in [0.05, 0.1) is 0 Å². The third kappa shape index (κ3) is 6.11. The molecule has 1 amide bonds. The van der Waals surface area contributed by atoms with Gasteiger partial charge in [0.25, 0.3) is 0 Å². The maximum atomic E-state index is 12.6. The molecule has 122 valence electrons. The van der Waals surface area contributed by atoms with Crippen LogP contribution in [0.3, 0.4) is 0 Å². The summed E-state index contributed by atoms with van der Waals surface area (Å²) in [6, 6.07) is 20.1. The molecule has 2 aromatic rings. The largest absolute Gasteiger partial charge is 0.355 e. The Kier molecular flexibility index (Phi) is 7.74. The fourth-order valence-corrected chi connectivity index (χ4v) is 3.46. The molecule has 1 unspecified atom stereocenters. The molecule has 0 aliphatic heterocycles. The van der Waals surface area contributed by atoms with Crippen molar-refractivity contribution in [2.45, 2.75) is 42.8 Å². The van der Waals surface area contributed by atoms with Gasteiger partial charge in [-0.1, -0.05) is 74.7 Å². The molecule has 1 atom stereocenters. The van der Waals surface area contributed by atoms with Crippen molar-refractivity contribution in [1.29, 1.82) is 0 Å². The molecule has 2 nitrogen and oxygen atoms in total. The lowest BCUT2D eigenvalue weighted by Gasteiger charge is -2.17. The number of benzene rings is 2. The fourth-order valence-electron chi connectivity index (χ4n) is 2.39. The monoisotopic (exact) mass is 327 g/mol. The molecule has 0 heterocycles. The van der Waals surface area contributed by atoms with E-state index in [-0.39, 0.29) is 11.2 Å². The summed E-state index contributed by atoms with van der Waals surface area (Å²) in [5.74, 6) is 0.0987. The molecule has 23 heavy (non-hydrogen) atoms. The van der Waals surface area contributed by atoms with E-state index >= 15 is 0 Å². The Labute approximate surface area is 143 Å². The lowest BCUT2D eigenvalue weighted by Crippen LogP contribution is -2.28. The molecular formula is C20H25NOS. The molecule has 0 bridgehead atoms. The Balaban J connectivity index is 2.00. The van der Waals surface area contributed by atoms with Crippen LogP contribution in [0, 0.1) is 0 Å². The summed E-state index contributed by atoms with van der Waals surface area (Å²) in [5, 5.41) is 2.90. The van der Waals surface area contributed by atoms with E-state index < -0.39 is 0 Å². The van der Waals surface area contributed by atoms with Gasteiger partial charge in [-0.05, 0) is 24.1 Å². The first-order chi connectivity index (χ1) is 11.3. The summed E-state index contributed by atoms with van der Waals surface area (Å²) >= 11 is 1.61. The van der Waals surface area contributed by atoms with Gasteiger partial charge in [-0.3, -0.25) is 4.79 Å². The van der Waals surface area contributed by atoms with E-state index in [1.807, 2.05) is 48.5 Å². The van der Waals surface area contributed by atoms with E-state index in [1.165, 1.54) is 19.3 Å². The topological polar surface area (TPSA) is 29.1 Å². The number of hydrogen-bond acceptors (Lipinski definition) is 2. The van der Waals surface area contributed by atoms with Gasteiger partial charge in [-0.25, -0.2) is 0 Å². The number of nitrogens with one attached hydrogen (secondary N) is 1. The van der Waals surface area contributed by atoms with Gasteiger partial charge in [-0.15, -0.1) is 11.8 Å². The molecule has 1 N–H and O–H groups in total. The number of carbonyl (C=O) groups is 1. The zero-order valence-electron chi connectivity index (χ0n) is 13.7. The molecule has 0 fully saturated rings. The first kappa shape index (κ1) is 17.6. The van der Waals surface area contributed by atoms with Crippen molar-refractivity contribution in [2.75, 3.05) is 6.54 Å². The Morgan fingerprint density at radius 3 is 2.26 bits per heavy atom. The normalized spacial score (nSPS) is 11.9. The molecule has 2 aromatic carbocycles. The second-order valence-corrected chi connectivity index (χ2v) is 6.75. The van der Waals surface area contributed by atoms with Gasteiger partial charge in [-0.2, -0.15) is 0 Å². The molecule has 0 saturated heterocycles. The second-order valence-electron chi connectivity index (χ2n) is 5.57. The highest BCUT2D eigenvalue weighted by Crippen LogP contribution is 2.35. The van der Waals surface area contributed by atoms with Crippen LogP contribution >= 0.6 is 11.8 Å². The van der Waals surface area contributed by atoms with Crippen molar-refractivity contribution < 1.29 is 4.79 Å². The predicted molar refractivity (Wildman–Crippen MR) is 98.6 cm³/mol. The zero-order valence-corrected chi connectivity index (χ0v) is 14.5. The van der Waals surface area contributed by atoms with Crippen LogP contribution in [0.1, 0.15) is 43.4 Å². The van der Waals surface area contributed by atoms with Gasteiger partial charge >= 0.3 is 0 Å². The van der Waals surface area contributed by atoms with E-state index in [9.17, 15) is 4.79 Å². The van der Waals surface area contributed by atoms with Gasteiger partial charge in [0.2, 0.25) is 5.91 Å². The number of amides is 1. The summed E-state index contributed by atoms with van der Waals surface area (Å²) < 4.78 is 0. The number of hydrogen-bond donors (Lipinski definition) is 1. The van der Waals surface area contributed by atoms with E-state index in [2.05, 4.69) is 24.4 Å². The van der Waals surface area contributed by atoms with Crippen LogP contribution in [-0.2, 0) is 4.79 Å². The Morgan fingerprint density at radius 1 is 0.957 bits per heavy atom. The second kappa shape index (κ2) is 10.1. The molecule has 0 radical (unpaired) electrons. The zero-order chi connectivity index (χ0) is 16.3. The number of carbonyl (C=O) groups excluding carboxylic acids is 1. The third-order valence-corrected chi connectivity index (χ3v) is 4.93. The molecule has 2 rings (SSSR count). The Hall–Kier alpha value is -1.74. The fraction of sp³-hybridized carbons (Fsp3) is 0.350. The standard InChI is InChI=1S/C20H25NOS/c1-2-3-4-11-16-21-20(22)19(17-12-7-5-8-13-17)23-18-14-9-6-10-15-18/h5-10,12-15,19H,2-4,11,16H2,1H3,(H,21,22). The minimum absolute atomic E-state index is 0.0987. The summed E-state index contributed by atoms with van der Waals surface area (Å²) in [6.45, 7) is 2.96. The lowest BCUT2D eigenvalue weighted by molar-refractivity contribution is -0.120. The number of thioether (sulfide) groups is 1. The maximum absolute atomic E-state index is 12.6. The van der Waals surface area contributed by atoms with E-state index in [0.29, 0.717) is 0 Å². The van der Waals surface area contributed by atoms with Gasteiger partial charge < -0.3 is 5.32 Å². The van der Waals surface area contributed by atoms with Crippen molar-refractivity contribution in [2.24, 2.45) is 0 Å². The number of unbranched alkanes of at least 4 members (excludes halogenated alkanes) is 3. The predicted octanol–water partition coefficient (Wildman–Crippen LogP) is 5.22. The van der Waals surface area contributed by atoms with Crippen molar-refractivity contribution in [3.05, 3.63) is 66.2 Å². The summed E-state index contributed by atoms with van der Waals surface area (Å²) in [4.78, 5) is 13.8. The molecule has 0 aliphatic carbocycles. The first-order valence-electron chi connectivity index (χ1n) is 8.35. The van der Waals surface area contributed by atoms with E-state index in [1.54, 1.807) is 11.8 Å². The van der Waals surface area contributed by atoms with Crippen LogP contribution in [0.5, 0.6) is 0 Å². The third-order valence-electron chi connectivity index (χ3n) is 3.67. The van der Waals surface area contributed by atoms with Crippen LogP contribution in [0.15, 0.2) is 65.6 Å². The Morgan fingerprint density at radius 2 is 1.61 bits per heavy atom. The average molecular weight is 327 g/mol. The summed E-state index contributed by atoms with van der Waals surface area (Å²) in [5.41, 5.74) is 1.05. The van der Waals surface area contributed by atoms with Crippen molar-refractivity contribution in [1.82, 2.24) is 5.32 Å². The van der Waals surface area contributed by atoms with Crippen molar-refractivity contribution in [3.8, 4) is 0 Å².